The van der Waals surface area contributed by atoms with Crippen LogP contribution in [0.3, 0.4) is 0 Å². The van der Waals surface area contributed by atoms with Crippen molar-refractivity contribution in [2.45, 2.75) is 13.0 Å². The van der Waals surface area contributed by atoms with Gasteiger partial charge >= 0.3 is 0 Å². The number of amides is 1. The van der Waals surface area contributed by atoms with Gasteiger partial charge in [-0.05, 0) is 29.8 Å². The maximum Gasteiger partial charge on any atom is 0.231 e. The molecule has 0 radical (unpaired) electrons. The average molecular weight is 385 g/mol. The van der Waals surface area contributed by atoms with E-state index in [9.17, 15) is 9.18 Å². The number of piperazine rings is 1. The first kappa shape index (κ1) is 18.6. The lowest BCUT2D eigenvalue weighted by Gasteiger charge is -2.36. The zero-order chi connectivity index (χ0) is 19.3. The lowest BCUT2D eigenvalue weighted by atomic mass is 10.2. The Kier molecular flexibility index (Phi) is 5.62. The van der Waals surface area contributed by atoms with Crippen LogP contribution >= 0.6 is 0 Å². The van der Waals surface area contributed by atoms with E-state index in [2.05, 4.69) is 15.1 Å². The fourth-order valence-corrected chi connectivity index (χ4v) is 3.52. The molecule has 0 unspecified atom stereocenters. The van der Waals surface area contributed by atoms with Gasteiger partial charge in [-0.1, -0.05) is 18.2 Å². The first-order valence-electron chi connectivity index (χ1n) is 9.56. The molecular formula is C21H24FN3O3. The summed E-state index contributed by atoms with van der Waals surface area (Å²) >= 11 is 0. The molecule has 148 valence electrons. The van der Waals surface area contributed by atoms with Crippen molar-refractivity contribution in [1.82, 2.24) is 10.2 Å². The number of carbonyl (C=O) groups is 1. The third-order valence-corrected chi connectivity index (χ3v) is 5.15. The van der Waals surface area contributed by atoms with Gasteiger partial charge in [0.1, 0.15) is 5.82 Å². The van der Waals surface area contributed by atoms with Crippen LogP contribution in [0.4, 0.5) is 10.1 Å². The Hall–Kier alpha value is -2.80. The number of hydrogen-bond acceptors (Lipinski definition) is 5. The highest BCUT2D eigenvalue weighted by Crippen LogP contribution is 2.32. The van der Waals surface area contributed by atoms with Crippen LogP contribution in [0.15, 0.2) is 42.5 Å². The Morgan fingerprint density at radius 2 is 1.82 bits per heavy atom. The Balaban J connectivity index is 1.18. The SMILES string of the molecule is O=C(CCN1CCN(c2ccccc2F)CC1)NCc1ccc2c(c1)OCO2. The van der Waals surface area contributed by atoms with Crippen molar-refractivity contribution in [2.75, 3.05) is 44.4 Å². The number of ether oxygens (including phenoxy) is 2. The topological polar surface area (TPSA) is 54.0 Å². The minimum absolute atomic E-state index is 0.0224. The number of nitrogens with zero attached hydrogens (tertiary/aromatic N) is 2. The van der Waals surface area contributed by atoms with Crippen molar-refractivity contribution in [1.29, 1.82) is 0 Å². The van der Waals surface area contributed by atoms with Crippen LogP contribution in [0.2, 0.25) is 0 Å². The number of hydrogen-bond donors (Lipinski definition) is 1. The molecule has 2 aliphatic heterocycles. The van der Waals surface area contributed by atoms with Crippen LogP contribution in [0, 0.1) is 5.82 Å². The van der Waals surface area contributed by atoms with Crippen LogP contribution < -0.4 is 19.7 Å². The standard InChI is InChI=1S/C21H24FN3O3/c22-17-3-1-2-4-18(17)25-11-9-24(10-12-25)8-7-21(26)23-14-16-5-6-19-20(13-16)28-15-27-19/h1-6,13H,7-12,14-15H2,(H,23,26). The highest BCUT2D eigenvalue weighted by Gasteiger charge is 2.19. The molecule has 4 rings (SSSR count). The summed E-state index contributed by atoms with van der Waals surface area (Å²) < 4.78 is 24.5. The Bertz CT molecular complexity index is 837. The van der Waals surface area contributed by atoms with E-state index in [4.69, 9.17) is 9.47 Å². The quantitative estimate of drug-likeness (QED) is 0.828. The van der Waals surface area contributed by atoms with Gasteiger partial charge in [0.2, 0.25) is 12.7 Å². The molecule has 7 heteroatoms. The molecule has 1 amide bonds. The third-order valence-electron chi connectivity index (χ3n) is 5.15. The minimum atomic E-state index is -0.182. The van der Waals surface area contributed by atoms with Gasteiger partial charge in [-0.2, -0.15) is 0 Å². The highest BCUT2D eigenvalue weighted by atomic mass is 19.1. The van der Waals surface area contributed by atoms with Crippen molar-refractivity contribution in [3.05, 3.63) is 53.8 Å². The molecule has 2 aromatic carbocycles. The Morgan fingerprint density at radius 1 is 1.04 bits per heavy atom. The zero-order valence-corrected chi connectivity index (χ0v) is 15.7. The summed E-state index contributed by atoms with van der Waals surface area (Å²) in [5.41, 5.74) is 1.64. The number of rotatable bonds is 6. The molecule has 0 bridgehead atoms. The molecule has 0 aromatic heterocycles. The molecule has 1 saturated heterocycles. The van der Waals surface area contributed by atoms with Crippen LogP contribution in [-0.2, 0) is 11.3 Å². The van der Waals surface area contributed by atoms with Crippen molar-refractivity contribution in [2.24, 2.45) is 0 Å². The summed E-state index contributed by atoms with van der Waals surface area (Å²) in [5.74, 6) is 1.30. The summed E-state index contributed by atoms with van der Waals surface area (Å²) in [6.45, 7) is 4.59. The molecule has 2 aliphatic rings. The summed E-state index contributed by atoms with van der Waals surface area (Å²) in [6.07, 6.45) is 0.449. The third kappa shape index (κ3) is 4.36. The number of benzene rings is 2. The van der Waals surface area contributed by atoms with E-state index in [-0.39, 0.29) is 18.5 Å². The van der Waals surface area contributed by atoms with E-state index in [0.29, 0.717) is 25.2 Å². The van der Waals surface area contributed by atoms with Crippen LogP contribution in [0.1, 0.15) is 12.0 Å². The van der Waals surface area contributed by atoms with Gasteiger partial charge in [-0.3, -0.25) is 9.69 Å². The van der Waals surface area contributed by atoms with Crippen molar-refractivity contribution in [3.8, 4) is 11.5 Å². The van der Waals surface area contributed by atoms with E-state index >= 15 is 0 Å². The number of carbonyl (C=O) groups excluding carboxylic acids is 1. The average Bonchev–Trinajstić information content (AvgIpc) is 3.19. The van der Waals surface area contributed by atoms with Gasteiger partial charge in [0.15, 0.2) is 11.5 Å². The molecule has 2 heterocycles. The van der Waals surface area contributed by atoms with Gasteiger partial charge in [0.05, 0.1) is 5.69 Å². The van der Waals surface area contributed by atoms with Gasteiger partial charge in [0, 0.05) is 45.7 Å². The predicted octanol–water partition coefficient (Wildman–Crippen LogP) is 2.38. The Morgan fingerprint density at radius 3 is 2.64 bits per heavy atom. The van der Waals surface area contributed by atoms with Crippen LogP contribution in [0.5, 0.6) is 11.5 Å². The monoisotopic (exact) mass is 385 g/mol. The van der Waals surface area contributed by atoms with Gasteiger partial charge in [-0.15, -0.1) is 0 Å². The summed E-state index contributed by atoms with van der Waals surface area (Å²) in [7, 11) is 0. The predicted molar refractivity (Wildman–Crippen MR) is 104 cm³/mol. The van der Waals surface area contributed by atoms with Crippen molar-refractivity contribution < 1.29 is 18.7 Å². The molecule has 0 aliphatic carbocycles. The first-order chi connectivity index (χ1) is 13.7. The molecule has 0 saturated carbocycles. The van der Waals surface area contributed by atoms with Gasteiger partial charge in [-0.25, -0.2) is 4.39 Å². The molecule has 28 heavy (non-hydrogen) atoms. The normalized spacial score (nSPS) is 16.2. The van der Waals surface area contributed by atoms with Crippen molar-refractivity contribution >= 4 is 11.6 Å². The molecular weight excluding hydrogens is 361 g/mol. The lowest BCUT2D eigenvalue weighted by Crippen LogP contribution is -2.47. The number of para-hydroxylation sites is 1. The molecule has 1 N–H and O–H groups in total. The zero-order valence-electron chi connectivity index (χ0n) is 15.7. The smallest absolute Gasteiger partial charge is 0.231 e. The fraction of sp³-hybridized carbons (Fsp3) is 0.381. The fourth-order valence-electron chi connectivity index (χ4n) is 3.52. The van der Waals surface area contributed by atoms with E-state index in [1.165, 1.54) is 6.07 Å². The van der Waals surface area contributed by atoms with E-state index in [1.807, 2.05) is 30.3 Å². The number of nitrogens with one attached hydrogen (secondary N) is 1. The molecule has 1 fully saturated rings. The summed E-state index contributed by atoms with van der Waals surface area (Å²) in [6, 6.07) is 12.5. The maximum atomic E-state index is 13.9. The lowest BCUT2D eigenvalue weighted by molar-refractivity contribution is -0.121. The second kappa shape index (κ2) is 8.48. The maximum absolute atomic E-state index is 13.9. The van der Waals surface area contributed by atoms with Gasteiger partial charge in [0.25, 0.3) is 0 Å². The van der Waals surface area contributed by atoms with Gasteiger partial charge < -0.3 is 19.7 Å². The van der Waals surface area contributed by atoms with Crippen LogP contribution in [-0.4, -0.2) is 50.3 Å². The van der Waals surface area contributed by atoms with Crippen molar-refractivity contribution in [3.63, 3.8) is 0 Å². The van der Waals surface area contributed by atoms with Crippen LogP contribution in [0.25, 0.3) is 0 Å². The van der Waals surface area contributed by atoms with E-state index < -0.39 is 0 Å². The Labute approximate surface area is 163 Å². The molecule has 0 spiro atoms. The number of halogens is 1. The largest absolute Gasteiger partial charge is 0.454 e. The second-order valence-electron chi connectivity index (χ2n) is 6.99. The van der Waals surface area contributed by atoms with E-state index in [1.54, 1.807) is 6.07 Å². The summed E-state index contributed by atoms with van der Waals surface area (Å²) in [4.78, 5) is 16.5. The molecule has 2 aromatic rings. The summed E-state index contributed by atoms with van der Waals surface area (Å²) in [5, 5.41) is 2.95. The first-order valence-corrected chi connectivity index (χ1v) is 9.56. The van der Waals surface area contributed by atoms with E-state index in [0.717, 1.165) is 43.2 Å². The number of anilines is 1. The number of fused-ring (bicyclic) bond motifs is 1. The minimum Gasteiger partial charge on any atom is -0.454 e. The molecule has 0 atom stereocenters. The second-order valence-corrected chi connectivity index (χ2v) is 6.99. The molecule has 6 nitrogen and oxygen atoms in total. The highest BCUT2D eigenvalue weighted by molar-refractivity contribution is 5.76.